The van der Waals surface area contributed by atoms with Crippen molar-refractivity contribution in [2.45, 2.75) is 45.1 Å². The number of fused-ring (bicyclic) bond motifs is 1. The number of nitro benzene ring substituents is 1. The largest absolute Gasteiger partial charge is 0.322 e. The van der Waals surface area contributed by atoms with Crippen LogP contribution in [0.1, 0.15) is 37.7 Å². The van der Waals surface area contributed by atoms with Crippen LogP contribution in [0, 0.1) is 34.8 Å². The predicted octanol–water partition coefficient (Wildman–Crippen LogP) is 3.95. The summed E-state index contributed by atoms with van der Waals surface area (Å²) in [6.07, 6.45) is 6.09. The van der Waals surface area contributed by atoms with E-state index in [9.17, 15) is 14.9 Å². The van der Waals surface area contributed by atoms with Crippen molar-refractivity contribution in [3.8, 4) is 0 Å². The van der Waals surface area contributed by atoms with Crippen LogP contribution in [0.3, 0.4) is 0 Å². The summed E-state index contributed by atoms with van der Waals surface area (Å²) in [5.74, 6) is 2.19. The number of benzene rings is 1. The molecule has 4 aliphatic rings. The maximum Gasteiger partial charge on any atom is 0.322 e. The van der Waals surface area contributed by atoms with Gasteiger partial charge in [-0.2, -0.15) is 0 Å². The maximum atomic E-state index is 12.8. The Hall–Kier alpha value is -2.11. The number of hydrogen-bond acceptors (Lipinski definition) is 3. The minimum atomic E-state index is -0.405. The Kier molecular flexibility index (Phi) is 3.70. The van der Waals surface area contributed by atoms with Gasteiger partial charge in [-0.25, -0.2) is 4.79 Å². The Balaban J connectivity index is 1.52. The maximum absolute atomic E-state index is 12.8. The molecule has 6 nitrogen and oxygen atoms in total. The van der Waals surface area contributed by atoms with Gasteiger partial charge in [-0.1, -0.05) is 6.07 Å². The summed E-state index contributed by atoms with van der Waals surface area (Å²) in [7, 11) is 0. The van der Waals surface area contributed by atoms with Crippen molar-refractivity contribution in [2.24, 2.45) is 17.8 Å². The number of anilines is 1. The molecule has 1 N–H and O–H groups in total. The van der Waals surface area contributed by atoms with Crippen LogP contribution in [0.25, 0.3) is 0 Å². The van der Waals surface area contributed by atoms with E-state index in [1.54, 1.807) is 19.1 Å². The quantitative estimate of drug-likeness (QED) is 0.659. The zero-order valence-electron chi connectivity index (χ0n) is 13.9. The van der Waals surface area contributed by atoms with Crippen LogP contribution in [-0.4, -0.2) is 28.4 Å². The molecule has 2 amide bonds. The predicted molar refractivity (Wildman–Crippen MR) is 90.9 cm³/mol. The molecule has 2 atom stereocenters. The number of aryl methyl sites for hydroxylation is 1. The Labute approximate surface area is 141 Å². The van der Waals surface area contributed by atoms with Gasteiger partial charge in [0.1, 0.15) is 0 Å². The van der Waals surface area contributed by atoms with Gasteiger partial charge < -0.3 is 10.2 Å². The van der Waals surface area contributed by atoms with E-state index in [-0.39, 0.29) is 11.7 Å². The Morgan fingerprint density at radius 2 is 1.83 bits per heavy atom. The van der Waals surface area contributed by atoms with Crippen molar-refractivity contribution in [1.29, 1.82) is 0 Å². The summed E-state index contributed by atoms with van der Waals surface area (Å²) in [6.45, 7) is 2.53. The highest BCUT2D eigenvalue weighted by Crippen LogP contribution is 2.47. The number of nitro groups is 1. The van der Waals surface area contributed by atoms with E-state index < -0.39 is 4.92 Å². The molecule has 1 aromatic rings. The van der Waals surface area contributed by atoms with Crippen LogP contribution < -0.4 is 5.32 Å². The van der Waals surface area contributed by atoms with E-state index in [4.69, 9.17) is 0 Å². The lowest BCUT2D eigenvalue weighted by Crippen LogP contribution is -2.44. The van der Waals surface area contributed by atoms with Crippen LogP contribution in [0.2, 0.25) is 0 Å². The fraction of sp³-hybridized carbons (Fsp3) is 0.611. The van der Waals surface area contributed by atoms with Crippen molar-refractivity contribution in [3.63, 3.8) is 0 Å². The smallest absolute Gasteiger partial charge is 0.321 e. The molecule has 4 fully saturated rings. The van der Waals surface area contributed by atoms with E-state index in [0.717, 1.165) is 31.2 Å². The number of hydrogen-bond donors (Lipinski definition) is 1. The standard InChI is InChI=1S/C18H23N3O3/c1-11-2-3-15(9-17(11)21(23)24)19-18(22)20-10-14-5-12-4-13(6-14)8-16(20)7-12/h2-3,9,12-14,16H,4-8,10H2,1H3,(H,19,22). The first-order valence-electron chi connectivity index (χ1n) is 8.82. The van der Waals surface area contributed by atoms with Gasteiger partial charge in [0.05, 0.1) is 4.92 Å². The van der Waals surface area contributed by atoms with Crippen molar-refractivity contribution in [2.75, 3.05) is 11.9 Å². The number of amides is 2. The Bertz CT molecular complexity index is 676. The second-order valence-corrected chi connectivity index (χ2v) is 7.77. The van der Waals surface area contributed by atoms with Crippen LogP contribution in [0.5, 0.6) is 0 Å². The highest BCUT2D eigenvalue weighted by Gasteiger charge is 2.44. The summed E-state index contributed by atoms with van der Waals surface area (Å²) in [5.41, 5.74) is 1.15. The van der Waals surface area contributed by atoms with Gasteiger partial charge in [0, 0.05) is 29.9 Å². The van der Waals surface area contributed by atoms with Gasteiger partial charge in [-0.15, -0.1) is 0 Å². The van der Waals surface area contributed by atoms with Gasteiger partial charge in [0.15, 0.2) is 0 Å². The molecule has 4 bridgehead atoms. The molecule has 2 unspecified atom stereocenters. The Morgan fingerprint density at radius 3 is 2.50 bits per heavy atom. The molecule has 0 radical (unpaired) electrons. The number of carbonyl (C=O) groups excluding carboxylic acids is 1. The molecule has 24 heavy (non-hydrogen) atoms. The van der Waals surface area contributed by atoms with E-state index >= 15 is 0 Å². The second kappa shape index (κ2) is 5.76. The van der Waals surface area contributed by atoms with Crippen molar-refractivity contribution < 1.29 is 9.72 Å². The topological polar surface area (TPSA) is 75.5 Å². The number of nitrogens with one attached hydrogen (secondary N) is 1. The third-order valence-electron chi connectivity index (χ3n) is 6.02. The summed E-state index contributed by atoms with van der Waals surface area (Å²) in [6, 6.07) is 5.10. The first-order chi connectivity index (χ1) is 11.5. The first kappa shape index (κ1) is 15.4. The van der Waals surface area contributed by atoms with E-state index in [2.05, 4.69) is 5.32 Å². The summed E-state index contributed by atoms with van der Waals surface area (Å²) < 4.78 is 0. The summed E-state index contributed by atoms with van der Waals surface area (Å²) >= 11 is 0. The summed E-state index contributed by atoms with van der Waals surface area (Å²) in [5, 5.41) is 14.0. The molecular weight excluding hydrogens is 306 g/mol. The van der Waals surface area contributed by atoms with E-state index in [1.165, 1.54) is 25.3 Å². The molecule has 2 aliphatic heterocycles. The van der Waals surface area contributed by atoms with Crippen molar-refractivity contribution >= 4 is 17.4 Å². The molecule has 2 saturated heterocycles. The molecule has 6 heteroatoms. The molecule has 0 aromatic heterocycles. The highest BCUT2D eigenvalue weighted by molar-refractivity contribution is 5.90. The van der Waals surface area contributed by atoms with Gasteiger partial charge in [-0.3, -0.25) is 10.1 Å². The van der Waals surface area contributed by atoms with Crippen LogP contribution >= 0.6 is 0 Å². The lowest BCUT2D eigenvalue weighted by Gasteiger charge is -2.38. The minimum Gasteiger partial charge on any atom is -0.321 e. The average Bonchev–Trinajstić information content (AvgIpc) is 2.72. The first-order valence-corrected chi connectivity index (χ1v) is 8.82. The van der Waals surface area contributed by atoms with E-state index in [0.29, 0.717) is 23.2 Å². The van der Waals surface area contributed by atoms with Gasteiger partial charge >= 0.3 is 6.03 Å². The average molecular weight is 329 g/mol. The monoisotopic (exact) mass is 329 g/mol. The van der Waals surface area contributed by atoms with Gasteiger partial charge in [0.25, 0.3) is 5.69 Å². The lowest BCUT2D eigenvalue weighted by atomic mass is 9.68. The molecule has 1 aromatic carbocycles. The minimum absolute atomic E-state index is 0.0450. The molecule has 2 saturated carbocycles. The third kappa shape index (κ3) is 2.74. The fourth-order valence-electron chi connectivity index (χ4n) is 5.11. The molecule has 2 aliphatic carbocycles. The molecule has 0 spiro atoms. The summed E-state index contributed by atoms with van der Waals surface area (Å²) in [4.78, 5) is 25.5. The molecular formula is C18H23N3O3. The van der Waals surface area contributed by atoms with Crippen LogP contribution in [0.4, 0.5) is 16.2 Å². The number of rotatable bonds is 2. The van der Waals surface area contributed by atoms with Crippen LogP contribution in [-0.2, 0) is 0 Å². The molecule has 2 heterocycles. The normalized spacial score (nSPS) is 31.0. The highest BCUT2D eigenvalue weighted by atomic mass is 16.6. The Morgan fingerprint density at radius 1 is 1.17 bits per heavy atom. The van der Waals surface area contributed by atoms with Crippen molar-refractivity contribution in [3.05, 3.63) is 33.9 Å². The van der Waals surface area contributed by atoms with Crippen LogP contribution in [0.15, 0.2) is 18.2 Å². The van der Waals surface area contributed by atoms with E-state index in [1.807, 2.05) is 4.90 Å². The van der Waals surface area contributed by atoms with Gasteiger partial charge in [0.2, 0.25) is 0 Å². The molecule has 5 rings (SSSR count). The number of carbonyl (C=O) groups is 1. The zero-order chi connectivity index (χ0) is 16.8. The molecule has 128 valence electrons. The SMILES string of the molecule is Cc1ccc(NC(=O)N2CC3CC4CC(C3)CC2C4)cc1[N+](=O)[O-]. The van der Waals surface area contributed by atoms with Crippen molar-refractivity contribution in [1.82, 2.24) is 4.90 Å². The fourth-order valence-corrected chi connectivity index (χ4v) is 5.11. The number of urea groups is 1. The second-order valence-electron chi connectivity index (χ2n) is 7.77. The van der Waals surface area contributed by atoms with Gasteiger partial charge in [-0.05, 0) is 62.8 Å². The lowest BCUT2D eigenvalue weighted by molar-refractivity contribution is -0.385. The third-order valence-corrected chi connectivity index (χ3v) is 6.02. The number of nitrogens with zero attached hydrogens (tertiary/aromatic N) is 2. The zero-order valence-corrected chi connectivity index (χ0v) is 13.9.